The number of nitrogens with one attached hydrogen (secondary N) is 2. The van der Waals surface area contributed by atoms with Crippen molar-refractivity contribution in [2.75, 3.05) is 12.4 Å². The van der Waals surface area contributed by atoms with Crippen LogP contribution in [0.15, 0.2) is 36.4 Å². The minimum atomic E-state index is -6.22. The molecule has 2 amide bonds. The summed E-state index contributed by atoms with van der Waals surface area (Å²) in [6.07, 6.45) is -12.4. The molecule has 4 N–H and O–H groups in total. The lowest BCUT2D eigenvalue weighted by atomic mass is 9.71. The summed E-state index contributed by atoms with van der Waals surface area (Å²) in [5.74, 6) is -6.16. The summed E-state index contributed by atoms with van der Waals surface area (Å²) >= 11 is 0. The maximum atomic E-state index is 14.8. The second-order valence-electron chi connectivity index (χ2n) is 10.4. The second kappa shape index (κ2) is 11.9. The van der Waals surface area contributed by atoms with E-state index in [2.05, 4.69) is 5.32 Å². The van der Waals surface area contributed by atoms with Gasteiger partial charge >= 0.3 is 24.3 Å². The SMILES string of the molecule is CNC(=O)c1ccc(C(c2ccc(C(=O)Nc3c(C)c(C)c(C)c(C)c3C)c(C(=O)O)c2)(C(F)(F)F)C(F)(F)F)cc1C(=O)O. The molecule has 0 saturated heterocycles. The van der Waals surface area contributed by atoms with E-state index >= 15 is 0 Å². The van der Waals surface area contributed by atoms with Gasteiger partial charge in [-0.25, -0.2) is 9.59 Å². The predicted octanol–water partition coefficient (Wildman–Crippen LogP) is 6.65. The molecule has 14 heteroatoms. The Labute approximate surface area is 253 Å². The van der Waals surface area contributed by atoms with Crippen LogP contribution in [-0.4, -0.2) is 53.4 Å². The Morgan fingerprint density at radius 1 is 0.578 bits per heavy atom. The van der Waals surface area contributed by atoms with Gasteiger partial charge in [0.15, 0.2) is 0 Å². The molecule has 0 unspecified atom stereocenters. The zero-order chi connectivity index (χ0) is 34.4. The molecule has 3 aromatic carbocycles. The number of hydrogen-bond acceptors (Lipinski definition) is 4. The number of amides is 2. The van der Waals surface area contributed by atoms with Crippen LogP contribution in [0.5, 0.6) is 0 Å². The van der Waals surface area contributed by atoms with Gasteiger partial charge in [0.2, 0.25) is 5.41 Å². The van der Waals surface area contributed by atoms with Crippen molar-refractivity contribution < 1.29 is 55.7 Å². The van der Waals surface area contributed by atoms with Gasteiger partial charge in [-0.05, 0) is 97.8 Å². The highest BCUT2D eigenvalue weighted by atomic mass is 19.4. The molecule has 0 bridgehead atoms. The van der Waals surface area contributed by atoms with Crippen LogP contribution in [0.25, 0.3) is 0 Å². The maximum Gasteiger partial charge on any atom is 0.411 e. The van der Waals surface area contributed by atoms with E-state index in [-0.39, 0.29) is 12.1 Å². The Morgan fingerprint density at radius 2 is 0.933 bits per heavy atom. The third-order valence-corrected chi connectivity index (χ3v) is 8.17. The van der Waals surface area contributed by atoms with Gasteiger partial charge in [0, 0.05) is 12.7 Å². The molecule has 0 fully saturated rings. The first-order valence-corrected chi connectivity index (χ1v) is 13.1. The zero-order valence-electron chi connectivity index (χ0n) is 24.8. The van der Waals surface area contributed by atoms with Gasteiger partial charge in [-0.1, -0.05) is 12.1 Å². The van der Waals surface area contributed by atoms with Gasteiger partial charge in [0.25, 0.3) is 11.8 Å². The number of carboxylic acid groups (broad SMARTS) is 2. The second-order valence-corrected chi connectivity index (χ2v) is 10.4. The zero-order valence-corrected chi connectivity index (χ0v) is 24.8. The number of anilines is 1. The topological polar surface area (TPSA) is 133 Å². The number of benzene rings is 3. The third-order valence-electron chi connectivity index (χ3n) is 8.17. The fourth-order valence-corrected chi connectivity index (χ4v) is 5.29. The predicted molar refractivity (Wildman–Crippen MR) is 151 cm³/mol. The summed E-state index contributed by atoms with van der Waals surface area (Å²) in [5, 5.41) is 24.0. The van der Waals surface area contributed by atoms with Crippen LogP contribution < -0.4 is 10.6 Å². The first-order valence-electron chi connectivity index (χ1n) is 13.1. The Kier molecular flexibility index (Phi) is 9.15. The van der Waals surface area contributed by atoms with Gasteiger partial charge in [-0.15, -0.1) is 0 Å². The number of halogens is 6. The molecule has 240 valence electrons. The first-order chi connectivity index (χ1) is 20.6. The Hall–Kier alpha value is -4.88. The van der Waals surface area contributed by atoms with E-state index in [4.69, 9.17) is 0 Å². The molecule has 0 aliphatic heterocycles. The van der Waals surface area contributed by atoms with Crippen molar-refractivity contribution in [1.82, 2.24) is 5.32 Å². The highest BCUT2D eigenvalue weighted by molar-refractivity contribution is 6.11. The first kappa shape index (κ1) is 34.6. The van der Waals surface area contributed by atoms with Gasteiger partial charge < -0.3 is 20.8 Å². The van der Waals surface area contributed by atoms with E-state index in [1.165, 1.54) is 0 Å². The van der Waals surface area contributed by atoms with E-state index in [9.17, 15) is 55.7 Å². The third kappa shape index (κ3) is 5.71. The smallest absolute Gasteiger partial charge is 0.411 e. The molecule has 8 nitrogen and oxygen atoms in total. The van der Waals surface area contributed by atoms with Crippen molar-refractivity contribution in [2.24, 2.45) is 0 Å². The van der Waals surface area contributed by atoms with Gasteiger partial charge in [0.1, 0.15) is 0 Å². The van der Waals surface area contributed by atoms with Crippen molar-refractivity contribution in [3.05, 3.63) is 97.6 Å². The molecule has 0 saturated carbocycles. The number of aromatic carboxylic acids is 2. The molecular formula is C31H28F6N2O6. The Balaban J connectivity index is 2.35. The summed E-state index contributed by atoms with van der Waals surface area (Å²) in [7, 11) is 1.08. The number of carbonyl (C=O) groups excluding carboxylic acids is 2. The molecule has 0 radical (unpaired) electrons. The minimum Gasteiger partial charge on any atom is -0.478 e. The van der Waals surface area contributed by atoms with Crippen LogP contribution in [0.3, 0.4) is 0 Å². The number of rotatable bonds is 7. The number of carbonyl (C=O) groups is 4. The standard InChI is InChI=1S/C31H28F6N2O6/c1-13-14(2)16(4)24(17(5)15(13)3)39-26(41)21-10-8-19(12-23(21)28(44)45)29(30(32,33)34,31(35,36)37)18-7-9-20(25(40)38-6)22(11-18)27(42)43/h7-12H,1-6H3,(H,38,40)(H,39,41)(H,42,43)(H,44,45). The average Bonchev–Trinajstić information content (AvgIpc) is 2.95. The van der Waals surface area contributed by atoms with Crippen LogP contribution >= 0.6 is 0 Å². The van der Waals surface area contributed by atoms with Crippen LogP contribution in [-0.2, 0) is 5.41 Å². The lowest BCUT2D eigenvalue weighted by Crippen LogP contribution is -2.55. The summed E-state index contributed by atoms with van der Waals surface area (Å²) in [6.45, 7) is 8.81. The fraction of sp³-hybridized carbons (Fsp3) is 0.290. The van der Waals surface area contributed by atoms with Crippen molar-refractivity contribution in [1.29, 1.82) is 0 Å². The number of hydrogen-bond donors (Lipinski definition) is 4. The van der Waals surface area contributed by atoms with E-state index in [1.54, 1.807) is 27.7 Å². The van der Waals surface area contributed by atoms with Gasteiger partial charge in [-0.2, -0.15) is 26.3 Å². The Morgan fingerprint density at radius 3 is 1.27 bits per heavy atom. The average molecular weight is 639 g/mol. The number of alkyl halides is 6. The highest BCUT2D eigenvalue weighted by Crippen LogP contribution is 2.56. The molecule has 0 aromatic heterocycles. The molecule has 0 heterocycles. The minimum absolute atomic E-state index is 0.0720. The van der Waals surface area contributed by atoms with Crippen molar-refractivity contribution in [2.45, 2.75) is 52.4 Å². The summed E-state index contributed by atoms with van der Waals surface area (Å²) in [6, 6.07) is 1.82. The molecule has 0 atom stereocenters. The monoisotopic (exact) mass is 638 g/mol. The highest BCUT2D eigenvalue weighted by Gasteiger charge is 2.72. The van der Waals surface area contributed by atoms with Crippen LogP contribution in [0, 0.1) is 34.6 Å². The van der Waals surface area contributed by atoms with Crippen LogP contribution in [0.4, 0.5) is 32.0 Å². The molecule has 0 spiro atoms. The van der Waals surface area contributed by atoms with Crippen molar-refractivity contribution in [3.63, 3.8) is 0 Å². The summed E-state index contributed by atoms with van der Waals surface area (Å²) in [5.41, 5.74) is -7.90. The lowest BCUT2D eigenvalue weighted by Gasteiger charge is -2.38. The largest absolute Gasteiger partial charge is 0.478 e. The quantitative estimate of drug-likeness (QED) is 0.214. The Bertz CT molecular complexity index is 1700. The van der Waals surface area contributed by atoms with E-state index < -0.39 is 74.9 Å². The normalized spacial score (nSPS) is 12.1. The van der Waals surface area contributed by atoms with Gasteiger partial charge in [0.05, 0.1) is 22.3 Å². The van der Waals surface area contributed by atoms with Gasteiger partial charge in [-0.3, -0.25) is 9.59 Å². The molecule has 3 rings (SSSR count). The molecule has 0 aliphatic rings. The summed E-state index contributed by atoms with van der Waals surface area (Å²) < 4.78 is 88.8. The summed E-state index contributed by atoms with van der Waals surface area (Å²) in [4.78, 5) is 49.4. The van der Waals surface area contributed by atoms with Crippen LogP contribution in [0.1, 0.15) is 80.4 Å². The molecular weight excluding hydrogens is 610 g/mol. The van der Waals surface area contributed by atoms with Crippen LogP contribution in [0.2, 0.25) is 0 Å². The fourth-order valence-electron chi connectivity index (χ4n) is 5.29. The number of carboxylic acids is 2. The van der Waals surface area contributed by atoms with E-state index in [0.29, 0.717) is 41.1 Å². The van der Waals surface area contributed by atoms with E-state index in [0.717, 1.165) is 23.7 Å². The molecule has 45 heavy (non-hydrogen) atoms. The van der Waals surface area contributed by atoms with Crippen molar-refractivity contribution >= 4 is 29.4 Å². The molecule has 0 aliphatic carbocycles. The van der Waals surface area contributed by atoms with Crippen molar-refractivity contribution in [3.8, 4) is 0 Å². The molecule has 3 aromatic rings. The maximum absolute atomic E-state index is 14.8. The van der Waals surface area contributed by atoms with E-state index in [1.807, 2.05) is 12.2 Å². The lowest BCUT2D eigenvalue weighted by molar-refractivity contribution is -0.288.